The van der Waals surface area contributed by atoms with E-state index in [1.807, 2.05) is 48.5 Å². The predicted molar refractivity (Wildman–Crippen MR) is 113 cm³/mol. The number of carbonyl (C=O) groups excluding carboxylic acids is 2. The van der Waals surface area contributed by atoms with E-state index in [9.17, 15) is 9.59 Å². The number of amides is 2. The average molecular weight is 384 g/mol. The molecule has 0 aliphatic carbocycles. The first-order chi connectivity index (χ1) is 14.2. The summed E-state index contributed by atoms with van der Waals surface area (Å²) in [5, 5.41) is 7.64. The Kier molecular flexibility index (Phi) is 5.42. The monoisotopic (exact) mass is 384 g/mol. The first kappa shape index (κ1) is 18.6. The Bertz CT molecular complexity index is 1090. The predicted octanol–water partition coefficient (Wildman–Crippen LogP) is 3.33. The van der Waals surface area contributed by atoms with Gasteiger partial charge in [-0.15, -0.1) is 0 Å². The van der Waals surface area contributed by atoms with Crippen molar-refractivity contribution >= 4 is 33.6 Å². The summed E-state index contributed by atoms with van der Waals surface area (Å²) in [5.41, 5.74) is 2.47. The molecule has 2 N–H and O–H groups in total. The van der Waals surface area contributed by atoms with Crippen LogP contribution < -0.4 is 10.6 Å². The minimum Gasteiger partial charge on any atom is -0.352 e. The van der Waals surface area contributed by atoms with Crippen molar-refractivity contribution in [1.82, 2.24) is 20.6 Å². The van der Waals surface area contributed by atoms with Crippen LogP contribution in [0.15, 0.2) is 73.1 Å². The summed E-state index contributed by atoms with van der Waals surface area (Å²) < 4.78 is 0. The highest BCUT2D eigenvalue weighted by atomic mass is 16.2. The molecule has 2 aromatic heterocycles. The van der Waals surface area contributed by atoms with Gasteiger partial charge in [0.1, 0.15) is 0 Å². The zero-order valence-electron chi connectivity index (χ0n) is 15.8. The molecule has 0 atom stereocenters. The molecule has 6 nitrogen and oxygen atoms in total. The Morgan fingerprint density at radius 1 is 0.655 bits per heavy atom. The Morgan fingerprint density at radius 2 is 1.10 bits per heavy atom. The molecule has 0 saturated heterocycles. The Hall–Kier alpha value is -3.80. The highest BCUT2D eigenvalue weighted by Gasteiger charge is 2.11. The second-order valence-electron chi connectivity index (χ2n) is 6.63. The third kappa shape index (κ3) is 4.06. The lowest BCUT2D eigenvalue weighted by atomic mass is 10.1. The maximum Gasteiger partial charge on any atom is 0.253 e. The normalized spacial score (nSPS) is 10.8. The Balaban J connectivity index is 1.30. The van der Waals surface area contributed by atoms with Crippen LogP contribution in [-0.4, -0.2) is 34.9 Å². The number of para-hydroxylation sites is 2. The van der Waals surface area contributed by atoms with Crippen molar-refractivity contribution in [3.63, 3.8) is 0 Å². The molecule has 29 heavy (non-hydrogen) atoms. The summed E-state index contributed by atoms with van der Waals surface area (Å²) in [5.74, 6) is -0.335. The molecule has 2 heterocycles. The number of carbonyl (C=O) groups is 2. The van der Waals surface area contributed by atoms with Crippen LogP contribution in [0.2, 0.25) is 0 Å². The molecule has 2 amide bonds. The van der Waals surface area contributed by atoms with Crippen LogP contribution in [-0.2, 0) is 0 Å². The number of hydrogen-bond acceptors (Lipinski definition) is 4. The summed E-state index contributed by atoms with van der Waals surface area (Å²) in [6.07, 6.45) is 3.97. The summed E-state index contributed by atoms with van der Waals surface area (Å²) in [6, 6.07) is 18.6. The summed E-state index contributed by atoms with van der Waals surface area (Å²) in [6.45, 7) is 0.909. The smallest absolute Gasteiger partial charge is 0.253 e. The maximum absolute atomic E-state index is 12.5. The van der Waals surface area contributed by atoms with Crippen molar-refractivity contribution in [2.75, 3.05) is 13.1 Å². The van der Waals surface area contributed by atoms with Gasteiger partial charge in [0.25, 0.3) is 11.8 Å². The number of pyridine rings is 2. The molecule has 144 valence electrons. The minimum absolute atomic E-state index is 0.168. The number of nitrogens with one attached hydrogen (secondary N) is 2. The fraction of sp³-hybridized carbons (Fsp3) is 0.130. The van der Waals surface area contributed by atoms with Crippen LogP contribution in [0.3, 0.4) is 0 Å². The highest BCUT2D eigenvalue weighted by Crippen LogP contribution is 2.16. The zero-order chi connectivity index (χ0) is 20.1. The van der Waals surface area contributed by atoms with E-state index >= 15 is 0 Å². The van der Waals surface area contributed by atoms with Gasteiger partial charge in [-0.05, 0) is 30.7 Å². The lowest BCUT2D eigenvalue weighted by Crippen LogP contribution is -2.30. The van der Waals surface area contributed by atoms with Gasteiger partial charge in [0.2, 0.25) is 0 Å². The molecular formula is C23H20N4O2. The topological polar surface area (TPSA) is 84.0 Å². The SMILES string of the molecule is O=C(NCCCNC(=O)c1cccc2cccnc12)c1cccc2cccnc12. The van der Waals surface area contributed by atoms with E-state index < -0.39 is 0 Å². The standard InChI is InChI=1S/C23H20N4O2/c28-22(18-10-1-6-16-8-3-12-24-20(16)18)26-14-5-15-27-23(29)19-11-2-7-17-9-4-13-25-21(17)19/h1-4,6-13H,5,14-15H2,(H,26,28)(H,27,29). The fourth-order valence-electron chi connectivity index (χ4n) is 3.26. The molecule has 0 fully saturated rings. The van der Waals surface area contributed by atoms with Crippen molar-refractivity contribution in [1.29, 1.82) is 0 Å². The number of nitrogens with zero attached hydrogens (tertiary/aromatic N) is 2. The highest BCUT2D eigenvalue weighted by molar-refractivity contribution is 6.06. The molecule has 0 aliphatic rings. The van der Waals surface area contributed by atoms with Crippen molar-refractivity contribution < 1.29 is 9.59 Å². The first-order valence-corrected chi connectivity index (χ1v) is 9.48. The van der Waals surface area contributed by atoms with Gasteiger partial charge >= 0.3 is 0 Å². The van der Waals surface area contributed by atoms with Crippen molar-refractivity contribution in [2.45, 2.75) is 6.42 Å². The van der Waals surface area contributed by atoms with Crippen LogP contribution in [0.5, 0.6) is 0 Å². The Labute approximate surface area is 168 Å². The minimum atomic E-state index is -0.168. The second-order valence-corrected chi connectivity index (χ2v) is 6.63. The van der Waals surface area contributed by atoms with E-state index in [2.05, 4.69) is 20.6 Å². The van der Waals surface area contributed by atoms with Gasteiger partial charge in [-0.1, -0.05) is 36.4 Å². The quantitative estimate of drug-likeness (QED) is 0.500. The van der Waals surface area contributed by atoms with Crippen LogP contribution >= 0.6 is 0 Å². The molecule has 0 unspecified atom stereocenters. The van der Waals surface area contributed by atoms with Crippen molar-refractivity contribution in [3.8, 4) is 0 Å². The molecule has 0 saturated carbocycles. The number of hydrogen-bond donors (Lipinski definition) is 2. The third-order valence-electron chi connectivity index (χ3n) is 4.68. The number of aromatic nitrogens is 2. The number of benzene rings is 2. The van der Waals surface area contributed by atoms with Crippen LogP contribution in [0.4, 0.5) is 0 Å². The Morgan fingerprint density at radius 3 is 1.59 bits per heavy atom. The van der Waals surface area contributed by atoms with Gasteiger partial charge in [-0.2, -0.15) is 0 Å². The molecule has 6 heteroatoms. The molecule has 0 bridgehead atoms. The number of fused-ring (bicyclic) bond motifs is 2. The van der Waals surface area contributed by atoms with Crippen LogP contribution in [0, 0.1) is 0 Å². The lowest BCUT2D eigenvalue weighted by Gasteiger charge is -2.09. The van der Waals surface area contributed by atoms with Crippen molar-refractivity contribution in [2.24, 2.45) is 0 Å². The van der Waals surface area contributed by atoms with Gasteiger partial charge in [0, 0.05) is 36.3 Å². The third-order valence-corrected chi connectivity index (χ3v) is 4.68. The van der Waals surface area contributed by atoms with Gasteiger partial charge in [-0.25, -0.2) is 0 Å². The largest absolute Gasteiger partial charge is 0.352 e. The summed E-state index contributed by atoms with van der Waals surface area (Å²) >= 11 is 0. The molecule has 4 aromatic rings. The van der Waals surface area contributed by atoms with E-state index in [1.54, 1.807) is 24.5 Å². The van der Waals surface area contributed by atoms with E-state index in [-0.39, 0.29) is 11.8 Å². The van der Waals surface area contributed by atoms with E-state index in [4.69, 9.17) is 0 Å². The van der Waals surface area contributed by atoms with E-state index in [0.29, 0.717) is 41.7 Å². The van der Waals surface area contributed by atoms with Crippen LogP contribution in [0.1, 0.15) is 27.1 Å². The van der Waals surface area contributed by atoms with Crippen LogP contribution in [0.25, 0.3) is 21.8 Å². The van der Waals surface area contributed by atoms with Gasteiger partial charge in [-0.3, -0.25) is 19.6 Å². The molecule has 4 rings (SSSR count). The number of rotatable bonds is 6. The summed E-state index contributed by atoms with van der Waals surface area (Å²) in [7, 11) is 0. The second kappa shape index (κ2) is 8.48. The van der Waals surface area contributed by atoms with Gasteiger partial charge in [0.15, 0.2) is 0 Å². The fourth-order valence-corrected chi connectivity index (χ4v) is 3.26. The van der Waals surface area contributed by atoms with Gasteiger partial charge < -0.3 is 10.6 Å². The molecule has 0 spiro atoms. The van der Waals surface area contributed by atoms with E-state index in [0.717, 1.165) is 10.8 Å². The van der Waals surface area contributed by atoms with Gasteiger partial charge in [0.05, 0.1) is 22.2 Å². The molecule has 2 aromatic carbocycles. The first-order valence-electron chi connectivity index (χ1n) is 9.48. The van der Waals surface area contributed by atoms with E-state index in [1.165, 1.54) is 0 Å². The maximum atomic E-state index is 12.5. The summed E-state index contributed by atoms with van der Waals surface area (Å²) in [4.78, 5) is 33.6. The molecule has 0 radical (unpaired) electrons. The van der Waals surface area contributed by atoms with Crippen molar-refractivity contribution in [3.05, 3.63) is 84.2 Å². The molecular weight excluding hydrogens is 364 g/mol. The lowest BCUT2D eigenvalue weighted by molar-refractivity contribution is 0.0953. The average Bonchev–Trinajstić information content (AvgIpc) is 2.77. The zero-order valence-corrected chi connectivity index (χ0v) is 15.8. The molecule has 0 aliphatic heterocycles.